The van der Waals surface area contributed by atoms with Gasteiger partial charge < -0.3 is 15.7 Å². The average molecular weight is 263 g/mol. The summed E-state index contributed by atoms with van der Waals surface area (Å²) >= 11 is 0. The summed E-state index contributed by atoms with van der Waals surface area (Å²) in [6, 6.07) is 3.85. The summed E-state index contributed by atoms with van der Waals surface area (Å²) in [4.78, 5) is 17.4. The van der Waals surface area contributed by atoms with Crippen molar-refractivity contribution in [1.29, 1.82) is 0 Å². The third-order valence-corrected chi connectivity index (χ3v) is 3.67. The van der Waals surface area contributed by atoms with E-state index in [1.807, 2.05) is 12.1 Å². The van der Waals surface area contributed by atoms with Crippen LogP contribution in [-0.4, -0.2) is 29.1 Å². The number of nitrogens with zero attached hydrogens (tertiary/aromatic N) is 2. The Hall–Kier alpha value is -1.62. The number of anilines is 1. The van der Waals surface area contributed by atoms with Crippen LogP contribution in [0.25, 0.3) is 0 Å². The van der Waals surface area contributed by atoms with Crippen molar-refractivity contribution in [2.24, 2.45) is 11.7 Å². The Morgan fingerprint density at radius 2 is 2.21 bits per heavy atom. The van der Waals surface area contributed by atoms with Crippen LogP contribution in [0.5, 0.6) is 0 Å². The molecule has 1 fully saturated rings. The lowest BCUT2D eigenvalue weighted by Crippen LogP contribution is -2.35. The lowest BCUT2D eigenvalue weighted by Gasteiger charge is -2.33. The van der Waals surface area contributed by atoms with Crippen LogP contribution in [-0.2, 0) is 4.79 Å². The van der Waals surface area contributed by atoms with E-state index in [0.717, 1.165) is 31.6 Å². The number of primary amides is 1. The van der Waals surface area contributed by atoms with Crippen LogP contribution in [0.1, 0.15) is 38.0 Å². The standard InChI is InChI=1S/C14H21N3O2/c1-10(18)13-3-2-12(9-16-13)17-6-4-11(5-7-17)8-14(15)19/h2-3,9-11,18H,4-8H2,1H3,(H2,15,19). The fourth-order valence-electron chi connectivity index (χ4n) is 2.51. The van der Waals surface area contributed by atoms with Gasteiger partial charge in [-0.3, -0.25) is 9.78 Å². The SMILES string of the molecule is CC(O)c1ccc(N2CCC(CC(N)=O)CC2)cn1. The first-order valence-electron chi connectivity index (χ1n) is 6.73. The van der Waals surface area contributed by atoms with Gasteiger partial charge in [0.1, 0.15) is 0 Å². The van der Waals surface area contributed by atoms with Gasteiger partial charge in [-0.05, 0) is 37.8 Å². The second-order valence-electron chi connectivity index (χ2n) is 5.22. The van der Waals surface area contributed by atoms with E-state index in [4.69, 9.17) is 5.73 Å². The van der Waals surface area contributed by atoms with Crippen LogP contribution in [0.2, 0.25) is 0 Å². The van der Waals surface area contributed by atoms with Crippen LogP contribution >= 0.6 is 0 Å². The highest BCUT2D eigenvalue weighted by atomic mass is 16.3. The zero-order valence-corrected chi connectivity index (χ0v) is 11.2. The van der Waals surface area contributed by atoms with Crippen molar-refractivity contribution in [3.05, 3.63) is 24.0 Å². The molecule has 1 aromatic rings. The zero-order chi connectivity index (χ0) is 13.8. The van der Waals surface area contributed by atoms with Crippen LogP contribution < -0.4 is 10.6 Å². The molecule has 104 valence electrons. The molecule has 0 radical (unpaired) electrons. The highest BCUT2D eigenvalue weighted by Gasteiger charge is 2.21. The van der Waals surface area contributed by atoms with Gasteiger partial charge in [0.05, 0.1) is 23.7 Å². The maximum atomic E-state index is 10.9. The molecule has 1 atom stereocenters. The van der Waals surface area contributed by atoms with Gasteiger partial charge in [0.2, 0.25) is 5.91 Å². The first-order valence-corrected chi connectivity index (χ1v) is 6.73. The zero-order valence-electron chi connectivity index (χ0n) is 11.2. The number of aliphatic hydroxyl groups excluding tert-OH is 1. The molecule has 1 saturated heterocycles. The summed E-state index contributed by atoms with van der Waals surface area (Å²) in [6.45, 7) is 3.55. The number of hydrogen-bond donors (Lipinski definition) is 2. The van der Waals surface area contributed by atoms with Crippen LogP contribution in [0.3, 0.4) is 0 Å². The molecule has 1 aromatic heterocycles. The van der Waals surface area contributed by atoms with E-state index in [-0.39, 0.29) is 5.91 Å². The van der Waals surface area contributed by atoms with Crippen molar-refractivity contribution >= 4 is 11.6 Å². The molecule has 1 amide bonds. The van der Waals surface area contributed by atoms with E-state index in [9.17, 15) is 9.90 Å². The molecule has 1 aliphatic rings. The Morgan fingerprint density at radius 3 is 2.68 bits per heavy atom. The van der Waals surface area contributed by atoms with Gasteiger partial charge in [0.15, 0.2) is 0 Å². The van der Waals surface area contributed by atoms with E-state index < -0.39 is 6.10 Å². The number of nitrogens with two attached hydrogens (primary N) is 1. The Balaban J connectivity index is 1.92. The molecule has 19 heavy (non-hydrogen) atoms. The lowest BCUT2D eigenvalue weighted by molar-refractivity contribution is -0.119. The Bertz CT molecular complexity index is 423. The summed E-state index contributed by atoms with van der Waals surface area (Å²) in [5.41, 5.74) is 6.99. The highest BCUT2D eigenvalue weighted by Crippen LogP contribution is 2.25. The number of pyridine rings is 1. The molecule has 1 aliphatic heterocycles. The monoisotopic (exact) mass is 263 g/mol. The molecule has 2 rings (SSSR count). The third-order valence-electron chi connectivity index (χ3n) is 3.67. The molecule has 0 aromatic carbocycles. The molecule has 0 aliphatic carbocycles. The number of amides is 1. The predicted molar refractivity (Wildman–Crippen MR) is 73.6 cm³/mol. The molecule has 5 nitrogen and oxygen atoms in total. The first-order chi connectivity index (χ1) is 9.06. The van der Waals surface area contributed by atoms with Crippen molar-refractivity contribution in [2.75, 3.05) is 18.0 Å². The molecule has 0 bridgehead atoms. The van der Waals surface area contributed by atoms with Crippen molar-refractivity contribution in [2.45, 2.75) is 32.3 Å². The van der Waals surface area contributed by atoms with Gasteiger partial charge in [0, 0.05) is 19.5 Å². The molecule has 3 N–H and O–H groups in total. The number of carbonyl (C=O) groups is 1. The molecule has 2 heterocycles. The van der Waals surface area contributed by atoms with E-state index in [1.165, 1.54) is 0 Å². The van der Waals surface area contributed by atoms with Crippen LogP contribution in [0.15, 0.2) is 18.3 Å². The van der Waals surface area contributed by atoms with E-state index in [1.54, 1.807) is 13.1 Å². The van der Waals surface area contributed by atoms with Crippen molar-refractivity contribution in [3.63, 3.8) is 0 Å². The molecular formula is C14H21N3O2. The molecular weight excluding hydrogens is 242 g/mol. The second-order valence-corrected chi connectivity index (χ2v) is 5.22. The summed E-state index contributed by atoms with van der Waals surface area (Å²) in [5.74, 6) is 0.208. The number of aliphatic hydroxyl groups is 1. The third kappa shape index (κ3) is 3.67. The maximum absolute atomic E-state index is 10.9. The predicted octanol–water partition coefficient (Wildman–Crippen LogP) is 1.23. The van der Waals surface area contributed by atoms with Crippen molar-refractivity contribution in [3.8, 4) is 0 Å². The quantitative estimate of drug-likeness (QED) is 0.856. The van der Waals surface area contributed by atoms with Gasteiger partial charge in [-0.1, -0.05) is 0 Å². The summed E-state index contributed by atoms with van der Waals surface area (Å²) in [5, 5.41) is 9.42. The number of rotatable bonds is 4. The molecule has 1 unspecified atom stereocenters. The lowest BCUT2D eigenvalue weighted by atomic mass is 9.93. The van der Waals surface area contributed by atoms with Crippen LogP contribution in [0, 0.1) is 5.92 Å². The van der Waals surface area contributed by atoms with Crippen molar-refractivity contribution < 1.29 is 9.90 Å². The van der Waals surface area contributed by atoms with Gasteiger partial charge in [-0.15, -0.1) is 0 Å². The molecule has 5 heteroatoms. The van der Waals surface area contributed by atoms with Crippen molar-refractivity contribution in [1.82, 2.24) is 4.98 Å². The van der Waals surface area contributed by atoms with Gasteiger partial charge in [-0.25, -0.2) is 0 Å². The highest BCUT2D eigenvalue weighted by molar-refractivity contribution is 5.74. The van der Waals surface area contributed by atoms with Gasteiger partial charge in [-0.2, -0.15) is 0 Å². The van der Waals surface area contributed by atoms with Crippen LogP contribution in [0.4, 0.5) is 5.69 Å². The topological polar surface area (TPSA) is 79.5 Å². The van der Waals surface area contributed by atoms with E-state index in [2.05, 4.69) is 9.88 Å². The Kier molecular flexibility index (Phi) is 4.37. The largest absolute Gasteiger partial charge is 0.387 e. The minimum atomic E-state index is -0.532. The van der Waals surface area contributed by atoms with Gasteiger partial charge in [0.25, 0.3) is 0 Å². The average Bonchev–Trinajstić information content (AvgIpc) is 2.39. The molecule has 0 saturated carbocycles. The maximum Gasteiger partial charge on any atom is 0.217 e. The summed E-state index contributed by atoms with van der Waals surface area (Å²) in [6.07, 6.45) is 3.74. The fourth-order valence-corrected chi connectivity index (χ4v) is 2.51. The molecule has 0 spiro atoms. The normalized spacial score (nSPS) is 18.3. The Morgan fingerprint density at radius 1 is 1.53 bits per heavy atom. The summed E-state index contributed by atoms with van der Waals surface area (Å²) in [7, 11) is 0. The first kappa shape index (κ1) is 13.8. The number of aromatic nitrogens is 1. The minimum absolute atomic E-state index is 0.207. The minimum Gasteiger partial charge on any atom is -0.387 e. The Labute approximate surface area is 113 Å². The summed E-state index contributed by atoms with van der Waals surface area (Å²) < 4.78 is 0. The smallest absolute Gasteiger partial charge is 0.217 e. The van der Waals surface area contributed by atoms with E-state index >= 15 is 0 Å². The fraction of sp³-hybridized carbons (Fsp3) is 0.571. The van der Waals surface area contributed by atoms with E-state index in [0.29, 0.717) is 18.0 Å². The number of piperidine rings is 1. The number of carbonyl (C=O) groups excluding carboxylic acids is 1. The number of hydrogen-bond acceptors (Lipinski definition) is 4. The van der Waals surface area contributed by atoms with Gasteiger partial charge >= 0.3 is 0 Å². The second kappa shape index (κ2) is 6.02.